The third-order valence-electron chi connectivity index (χ3n) is 5.83. The molecule has 37 heavy (non-hydrogen) atoms. The normalized spacial score (nSPS) is 22.4. The summed E-state index contributed by atoms with van der Waals surface area (Å²) in [5, 5.41) is 13.8. The zero-order chi connectivity index (χ0) is 27.7. The number of amides is 2. The zero-order valence-electron chi connectivity index (χ0n) is 22.2. The molecule has 1 saturated heterocycles. The van der Waals surface area contributed by atoms with Gasteiger partial charge in [-0.05, 0) is 47.0 Å². The molecule has 1 fully saturated rings. The van der Waals surface area contributed by atoms with Crippen molar-refractivity contribution in [1.29, 1.82) is 0 Å². The molecular formula is C26H37N3O8. The van der Waals surface area contributed by atoms with Crippen molar-refractivity contribution in [2.45, 2.75) is 58.3 Å². The number of benzene rings is 1. The van der Waals surface area contributed by atoms with Crippen LogP contribution in [0.3, 0.4) is 0 Å². The number of carbonyl (C=O) groups excluding carboxylic acids is 4. The summed E-state index contributed by atoms with van der Waals surface area (Å²) in [6.45, 7) is 6.35. The monoisotopic (exact) mass is 519 g/mol. The predicted octanol–water partition coefficient (Wildman–Crippen LogP) is 0.722. The van der Waals surface area contributed by atoms with Gasteiger partial charge in [-0.1, -0.05) is 18.2 Å². The van der Waals surface area contributed by atoms with Crippen molar-refractivity contribution in [3.63, 3.8) is 0 Å². The highest BCUT2D eigenvalue weighted by Gasteiger charge is 2.50. The SMILES string of the molecule is CC(=O)/C(C)=C\N(C(C)=O)[C@@H]1O[C@H]([C@@H](C)OC(=O)c2ccccc2)[C@@H](O)[C@H]1OCC(=O)NCCN(C)C. The first-order chi connectivity index (χ1) is 17.4. The van der Waals surface area contributed by atoms with Gasteiger partial charge in [-0.25, -0.2) is 4.79 Å². The van der Waals surface area contributed by atoms with E-state index in [1.165, 1.54) is 20.0 Å². The first-order valence-electron chi connectivity index (χ1n) is 12.0. The first-order valence-corrected chi connectivity index (χ1v) is 12.0. The number of hydrogen-bond donors (Lipinski definition) is 2. The molecule has 0 aromatic heterocycles. The number of hydrogen-bond acceptors (Lipinski definition) is 9. The molecule has 11 nitrogen and oxygen atoms in total. The van der Waals surface area contributed by atoms with Crippen LogP contribution in [-0.2, 0) is 28.6 Å². The van der Waals surface area contributed by atoms with Crippen molar-refractivity contribution in [2.24, 2.45) is 0 Å². The van der Waals surface area contributed by atoms with Gasteiger partial charge in [0.15, 0.2) is 12.0 Å². The van der Waals surface area contributed by atoms with Crippen molar-refractivity contribution in [3.05, 3.63) is 47.7 Å². The summed E-state index contributed by atoms with van der Waals surface area (Å²) >= 11 is 0. The van der Waals surface area contributed by atoms with E-state index >= 15 is 0 Å². The van der Waals surface area contributed by atoms with Crippen molar-refractivity contribution in [1.82, 2.24) is 15.1 Å². The Balaban J connectivity index is 2.23. The molecule has 5 atom stereocenters. The van der Waals surface area contributed by atoms with Crippen molar-refractivity contribution in [3.8, 4) is 0 Å². The summed E-state index contributed by atoms with van der Waals surface area (Å²) in [6.07, 6.45) is -4.39. The number of aliphatic hydroxyl groups is 1. The second-order valence-electron chi connectivity index (χ2n) is 9.18. The van der Waals surface area contributed by atoms with Gasteiger partial charge in [0.05, 0.1) is 5.56 Å². The lowest BCUT2D eigenvalue weighted by Gasteiger charge is -2.29. The second-order valence-corrected chi connectivity index (χ2v) is 9.18. The van der Waals surface area contributed by atoms with Crippen LogP contribution in [0, 0.1) is 0 Å². The number of aliphatic hydroxyl groups excluding tert-OH is 1. The maximum Gasteiger partial charge on any atom is 0.338 e. The van der Waals surface area contributed by atoms with E-state index in [-0.39, 0.29) is 11.4 Å². The van der Waals surface area contributed by atoms with Gasteiger partial charge in [0.2, 0.25) is 11.8 Å². The van der Waals surface area contributed by atoms with Gasteiger partial charge < -0.3 is 29.5 Å². The fourth-order valence-electron chi connectivity index (χ4n) is 3.63. The highest BCUT2D eigenvalue weighted by Crippen LogP contribution is 2.30. The zero-order valence-corrected chi connectivity index (χ0v) is 22.2. The topological polar surface area (TPSA) is 135 Å². The van der Waals surface area contributed by atoms with Crippen LogP contribution < -0.4 is 5.32 Å². The van der Waals surface area contributed by atoms with E-state index in [1.54, 1.807) is 44.2 Å². The minimum absolute atomic E-state index is 0.260. The molecule has 0 bridgehead atoms. The molecule has 1 aliphatic rings. The minimum atomic E-state index is -1.36. The lowest BCUT2D eigenvalue weighted by atomic mass is 10.1. The Kier molecular flexibility index (Phi) is 11.4. The van der Waals surface area contributed by atoms with E-state index in [0.29, 0.717) is 18.7 Å². The first kappa shape index (κ1) is 30.1. The van der Waals surface area contributed by atoms with E-state index < -0.39 is 55.0 Å². The van der Waals surface area contributed by atoms with Gasteiger partial charge in [-0.3, -0.25) is 19.3 Å². The van der Waals surface area contributed by atoms with E-state index in [0.717, 1.165) is 4.90 Å². The molecule has 0 radical (unpaired) electrons. The van der Waals surface area contributed by atoms with Crippen LogP contribution in [0.5, 0.6) is 0 Å². The smallest absolute Gasteiger partial charge is 0.338 e. The molecule has 1 heterocycles. The summed E-state index contributed by atoms with van der Waals surface area (Å²) in [5.41, 5.74) is 0.603. The average Bonchev–Trinajstić information content (AvgIpc) is 3.16. The van der Waals surface area contributed by atoms with Crippen LogP contribution in [-0.4, -0.2) is 103 Å². The lowest BCUT2D eigenvalue weighted by molar-refractivity contribution is -0.151. The molecule has 0 spiro atoms. The van der Waals surface area contributed by atoms with Crippen molar-refractivity contribution < 1.29 is 38.5 Å². The standard InChI is InChI=1S/C26H37N3O8/c1-16(17(2)30)14-29(19(4)31)25-24(35-15-21(32)27-12-13-28(5)6)22(33)23(37-25)18(3)36-26(34)20-10-8-7-9-11-20/h7-11,14,18,22-25,33H,12-13,15H2,1-6H3,(H,27,32)/b16-14-/t18-,22-,23-,24-,25-/m1/s1. The number of allylic oxidation sites excluding steroid dienone is 1. The molecule has 1 aromatic rings. The summed E-state index contributed by atoms with van der Waals surface area (Å²) in [6, 6.07) is 8.34. The summed E-state index contributed by atoms with van der Waals surface area (Å²) in [4.78, 5) is 52.2. The number of Topliss-reactive ketones (excluding diaryl/α,β-unsaturated/α-hetero) is 1. The molecule has 0 unspecified atom stereocenters. The van der Waals surface area contributed by atoms with E-state index in [1.807, 2.05) is 19.0 Å². The van der Waals surface area contributed by atoms with Crippen LogP contribution in [0.1, 0.15) is 38.1 Å². The fraction of sp³-hybridized carbons (Fsp3) is 0.538. The molecule has 0 aliphatic carbocycles. The third kappa shape index (κ3) is 8.74. The molecule has 2 rings (SSSR count). The number of nitrogens with one attached hydrogen (secondary N) is 1. The van der Waals surface area contributed by atoms with Crippen LogP contribution in [0.2, 0.25) is 0 Å². The molecule has 1 aliphatic heterocycles. The molecule has 2 N–H and O–H groups in total. The van der Waals surface area contributed by atoms with E-state index in [4.69, 9.17) is 14.2 Å². The van der Waals surface area contributed by atoms with Crippen molar-refractivity contribution in [2.75, 3.05) is 33.8 Å². The second kappa shape index (κ2) is 14.0. The van der Waals surface area contributed by atoms with Crippen molar-refractivity contribution >= 4 is 23.6 Å². The predicted molar refractivity (Wildman–Crippen MR) is 134 cm³/mol. The quantitative estimate of drug-likeness (QED) is 0.303. The Labute approximate surface area is 217 Å². The fourth-order valence-corrected chi connectivity index (χ4v) is 3.63. The maximum absolute atomic E-state index is 12.5. The molecule has 2 amide bonds. The lowest BCUT2D eigenvalue weighted by Crippen LogP contribution is -2.47. The number of esters is 1. The van der Waals surface area contributed by atoms with Gasteiger partial charge in [0.1, 0.15) is 31.0 Å². The number of rotatable bonds is 12. The largest absolute Gasteiger partial charge is 0.456 e. The molecule has 11 heteroatoms. The van der Waals surface area contributed by atoms with Gasteiger partial charge in [0, 0.05) is 31.8 Å². The van der Waals surface area contributed by atoms with Gasteiger partial charge in [-0.15, -0.1) is 0 Å². The Morgan fingerprint density at radius 1 is 1.14 bits per heavy atom. The Morgan fingerprint density at radius 2 is 1.78 bits per heavy atom. The third-order valence-corrected chi connectivity index (χ3v) is 5.83. The summed E-state index contributed by atoms with van der Waals surface area (Å²) in [5.74, 6) is -1.76. The Bertz CT molecular complexity index is 981. The Hall–Kier alpha value is -3.12. The van der Waals surface area contributed by atoms with Gasteiger partial charge >= 0.3 is 5.97 Å². The highest BCUT2D eigenvalue weighted by molar-refractivity contribution is 5.93. The van der Waals surface area contributed by atoms with E-state index in [9.17, 15) is 24.3 Å². The maximum atomic E-state index is 12.5. The summed E-state index contributed by atoms with van der Waals surface area (Å²) in [7, 11) is 3.75. The Morgan fingerprint density at radius 3 is 2.35 bits per heavy atom. The van der Waals surface area contributed by atoms with Gasteiger partial charge in [-0.2, -0.15) is 0 Å². The summed E-state index contributed by atoms with van der Waals surface area (Å²) < 4.78 is 17.2. The highest BCUT2D eigenvalue weighted by atomic mass is 16.6. The molecular weight excluding hydrogens is 482 g/mol. The van der Waals surface area contributed by atoms with Gasteiger partial charge in [0.25, 0.3) is 0 Å². The minimum Gasteiger partial charge on any atom is -0.456 e. The number of ether oxygens (including phenoxy) is 3. The average molecular weight is 520 g/mol. The van der Waals surface area contributed by atoms with Crippen LogP contribution in [0.15, 0.2) is 42.1 Å². The molecule has 1 aromatic carbocycles. The van der Waals surface area contributed by atoms with Crippen LogP contribution >= 0.6 is 0 Å². The van der Waals surface area contributed by atoms with Crippen LogP contribution in [0.25, 0.3) is 0 Å². The molecule has 204 valence electrons. The van der Waals surface area contributed by atoms with E-state index in [2.05, 4.69) is 5.32 Å². The van der Waals surface area contributed by atoms with Crippen LogP contribution in [0.4, 0.5) is 0 Å². The number of likely N-dealkylation sites (N-methyl/N-ethyl adjacent to an activating group) is 1. The number of nitrogens with zero attached hydrogens (tertiary/aromatic N) is 2. The number of ketones is 1. The number of carbonyl (C=O) groups is 4. The molecule has 0 saturated carbocycles.